The molecular formula is C42H50N10O9. The molecule has 0 saturated carbocycles. The molecule has 322 valence electrons. The Hall–Kier alpha value is -7.15. The molecule has 0 aliphatic carbocycles. The summed E-state index contributed by atoms with van der Waals surface area (Å²) in [6.07, 6.45) is 8.13. The fraction of sp³-hybridized carbons (Fsp3) is 0.357. The quantitative estimate of drug-likeness (QED) is 0.0590. The number of hydrogen-bond donors (Lipinski definition) is 5. The lowest BCUT2D eigenvalue weighted by molar-refractivity contribution is -0.144. The number of aromatic nitrogens is 3. The van der Waals surface area contributed by atoms with Crippen LogP contribution in [-0.4, -0.2) is 106 Å². The number of carbonyl (C=O) groups excluding carboxylic acids is 6. The molecule has 6 rings (SSSR count). The Morgan fingerprint density at radius 3 is 2.02 bits per heavy atom. The number of nitrogens with zero attached hydrogens (tertiary/aromatic N) is 5. The molecule has 2 aliphatic heterocycles. The molecule has 1 saturated heterocycles. The van der Waals surface area contributed by atoms with Crippen molar-refractivity contribution < 1.29 is 43.0 Å². The van der Waals surface area contributed by atoms with Crippen LogP contribution >= 0.6 is 0 Å². The standard InChI is InChI=1S/C42H50N10O9/c1-24-13-29-19-45-31-18-36(35(59-6)17-30(31)41(57)52(29)20-24)60-11-7-9-37(53)46-26-14-33(50(4)21-26)39(55)48-28-16-34(51(5)23-28)40(56)47-27-15-32(49(3)22-27)38(54)44-10-8-12-61-42(58)25(2)43/h14-19,21-23,25,29H,1,7-13,20,43H2,2-6H3,(H,44,54)(H,46,53)(H,47,56)(H,48,55)/t25-,29?/m0/s1. The van der Waals surface area contributed by atoms with Crippen molar-refractivity contribution in [1.82, 2.24) is 23.9 Å². The van der Waals surface area contributed by atoms with Gasteiger partial charge in [0.2, 0.25) is 5.91 Å². The van der Waals surface area contributed by atoms with Crippen molar-refractivity contribution in [2.75, 3.05) is 49.4 Å². The number of ether oxygens (including phenoxy) is 3. The zero-order valence-corrected chi connectivity index (χ0v) is 34.7. The number of esters is 1. The zero-order chi connectivity index (χ0) is 44.0. The van der Waals surface area contributed by atoms with Crippen LogP contribution in [0.25, 0.3) is 0 Å². The van der Waals surface area contributed by atoms with Crippen LogP contribution in [0.5, 0.6) is 11.5 Å². The number of aryl methyl sites for hydroxylation is 3. The third-order valence-electron chi connectivity index (χ3n) is 9.99. The molecule has 4 aromatic rings. The minimum atomic E-state index is -0.721. The predicted octanol–water partition coefficient (Wildman–Crippen LogP) is 3.51. The van der Waals surface area contributed by atoms with Gasteiger partial charge < -0.3 is 59.8 Å². The SMILES string of the molecule is C=C1CC2C=Nc3cc(OCCCC(=O)Nc4cc(C(=O)Nc5cc(C(=O)Nc6cc(C(=O)NCCCOC(=O)[C@H](C)N)n(C)c6)n(C)c5)n(C)c4)c(OC)cc3C(=O)N2C1. The largest absolute Gasteiger partial charge is 0.493 e. The molecule has 19 heteroatoms. The highest BCUT2D eigenvalue weighted by Crippen LogP contribution is 2.38. The van der Waals surface area contributed by atoms with Gasteiger partial charge in [-0.3, -0.25) is 33.8 Å². The number of nitrogens with one attached hydrogen (secondary N) is 4. The first-order chi connectivity index (χ1) is 29.1. The van der Waals surface area contributed by atoms with E-state index in [1.807, 2.05) is 0 Å². The summed E-state index contributed by atoms with van der Waals surface area (Å²) in [5.74, 6) is -1.47. The van der Waals surface area contributed by atoms with Gasteiger partial charge in [-0.2, -0.15) is 0 Å². The van der Waals surface area contributed by atoms with Gasteiger partial charge in [0.1, 0.15) is 23.1 Å². The molecule has 2 aliphatic rings. The summed E-state index contributed by atoms with van der Waals surface area (Å²) in [4.78, 5) is 83.1. The minimum Gasteiger partial charge on any atom is -0.493 e. The van der Waals surface area contributed by atoms with Gasteiger partial charge in [-0.1, -0.05) is 12.2 Å². The summed E-state index contributed by atoms with van der Waals surface area (Å²) in [7, 11) is 6.48. The number of methoxy groups -OCH3 is 1. The number of aliphatic imine (C=N–C) groups is 1. The molecule has 3 aromatic heterocycles. The van der Waals surface area contributed by atoms with E-state index in [2.05, 4.69) is 32.8 Å². The average Bonchev–Trinajstić information content (AvgIpc) is 3.97. The van der Waals surface area contributed by atoms with Gasteiger partial charge in [0.15, 0.2) is 11.5 Å². The van der Waals surface area contributed by atoms with Crippen molar-refractivity contribution in [3.63, 3.8) is 0 Å². The van der Waals surface area contributed by atoms with E-state index in [0.29, 0.717) is 71.3 Å². The van der Waals surface area contributed by atoms with Crippen LogP contribution in [0.3, 0.4) is 0 Å². The molecule has 0 spiro atoms. The Morgan fingerprint density at radius 2 is 1.43 bits per heavy atom. The lowest BCUT2D eigenvalue weighted by Crippen LogP contribution is -2.35. The molecule has 1 unspecified atom stereocenters. The molecule has 1 aromatic carbocycles. The Morgan fingerprint density at radius 1 is 0.836 bits per heavy atom. The summed E-state index contributed by atoms with van der Waals surface area (Å²) < 4.78 is 21.2. The number of fused-ring (bicyclic) bond motifs is 2. The highest BCUT2D eigenvalue weighted by molar-refractivity contribution is 6.08. The van der Waals surface area contributed by atoms with Crippen LogP contribution in [0.15, 0.2) is 66.1 Å². The number of rotatable bonds is 17. The monoisotopic (exact) mass is 838 g/mol. The lowest BCUT2D eigenvalue weighted by atomic mass is 10.1. The van der Waals surface area contributed by atoms with Gasteiger partial charge in [-0.25, -0.2) is 0 Å². The number of amides is 5. The number of benzene rings is 1. The molecule has 1 fully saturated rings. The molecule has 0 bridgehead atoms. The first-order valence-electron chi connectivity index (χ1n) is 19.6. The highest BCUT2D eigenvalue weighted by Gasteiger charge is 2.34. The smallest absolute Gasteiger partial charge is 0.322 e. The summed E-state index contributed by atoms with van der Waals surface area (Å²) in [6, 6.07) is 7.03. The van der Waals surface area contributed by atoms with E-state index < -0.39 is 23.8 Å². The predicted molar refractivity (Wildman–Crippen MR) is 227 cm³/mol. The highest BCUT2D eigenvalue weighted by atomic mass is 16.5. The molecule has 19 nitrogen and oxygen atoms in total. The van der Waals surface area contributed by atoms with Crippen LogP contribution < -0.4 is 36.5 Å². The van der Waals surface area contributed by atoms with Crippen molar-refractivity contribution in [3.05, 3.63) is 83.7 Å². The number of anilines is 3. The Bertz CT molecular complexity index is 2410. The van der Waals surface area contributed by atoms with Gasteiger partial charge in [0, 0.05) is 71.5 Å². The summed E-state index contributed by atoms with van der Waals surface area (Å²) in [5, 5.41) is 11.1. The topological polar surface area (TPSA) is 235 Å². The molecule has 61 heavy (non-hydrogen) atoms. The van der Waals surface area contributed by atoms with Crippen molar-refractivity contribution in [2.45, 2.75) is 44.7 Å². The third kappa shape index (κ3) is 10.4. The molecule has 5 heterocycles. The second kappa shape index (κ2) is 18.8. The second-order valence-corrected chi connectivity index (χ2v) is 14.9. The van der Waals surface area contributed by atoms with Gasteiger partial charge in [0.25, 0.3) is 23.6 Å². The van der Waals surface area contributed by atoms with Gasteiger partial charge in [-0.05, 0) is 50.5 Å². The maximum atomic E-state index is 13.3. The van der Waals surface area contributed by atoms with E-state index in [9.17, 15) is 28.8 Å². The Balaban J connectivity index is 0.964. The summed E-state index contributed by atoms with van der Waals surface area (Å²) in [6.45, 7) is 6.59. The van der Waals surface area contributed by atoms with E-state index in [0.717, 1.165) is 5.57 Å². The molecule has 5 amide bonds. The van der Waals surface area contributed by atoms with Crippen LogP contribution in [0.2, 0.25) is 0 Å². The molecule has 0 radical (unpaired) electrons. The number of nitrogens with two attached hydrogens (primary N) is 1. The van der Waals surface area contributed by atoms with Crippen molar-refractivity contribution in [2.24, 2.45) is 31.9 Å². The van der Waals surface area contributed by atoms with Crippen molar-refractivity contribution >= 4 is 64.5 Å². The molecular weight excluding hydrogens is 789 g/mol. The second-order valence-electron chi connectivity index (χ2n) is 14.9. The fourth-order valence-electron chi connectivity index (χ4n) is 6.88. The van der Waals surface area contributed by atoms with Crippen molar-refractivity contribution in [1.29, 1.82) is 0 Å². The van der Waals surface area contributed by atoms with E-state index in [-0.39, 0.29) is 61.3 Å². The lowest BCUT2D eigenvalue weighted by Gasteiger charge is -2.20. The van der Waals surface area contributed by atoms with E-state index in [4.69, 9.17) is 19.9 Å². The summed E-state index contributed by atoms with van der Waals surface area (Å²) >= 11 is 0. The van der Waals surface area contributed by atoms with E-state index >= 15 is 0 Å². The van der Waals surface area contributed by atoms with Gasteiger partial charge >= 0.3 is 5.97 Å². The average molecular weight is 839 g/mol. The first-order valence-corrected chi connectivity index (χ1v) is 19.6. The van der Waals surface area contributed by atoms with E-state index in [1.54, 1.807) is 82.7 Å². The Labute approximate surface area is 351 Å². The van der Waals surface area contributed by atoms with Crippen LogP contribution in [0, 0.1) is 0 Å². The fourth-order valence-corrected chi connectivity index (χ4v) is 6.88. The minimum absolute atomic E-state index is 0.118. The number of hydrogen-bond acceptors (Lipinski definition) is 11. The van der Waals surface area contributed by atoms with Crippen LogP contribution in [0.4, 0.5) is 22.7 Å². The van der Waals surface area contributed by atoms with Crippen LogP contribution in [0.1, 0.15) is 74.4 Å². The van der Waals surface area contributed by atoms with E-state index in [1.165, 1.54) is 26.2 Å². The zero-order valence-electron chi connectivity index (χ0n) is 34.7. The Kier molecular flexibility index (Phi) is 13.4. The maximum Gasteiger partial charge on any atom is 0.322 e. The maximum absolute atomic E-state index is 13.3. The normalized spacial score (nSPS) is 14.7. The number of carbonyl (C=O) groups is 6. The van der Waals surface area contributed by atoms with Crippen molar-refractivity contribution in [3.8, 4) is 11.5 Å². The van der Waals surface area contributed by atoms with Gasteiger partial charge in [0.05, 0.1) is 54.7 Å². The summed E-state index contributed by atoms with van der Waals surface area (Å²) in [5.41, 5.74) is 9.32. The third-order valence-corrected chi connectivity index (χ3v) is 9.99. The first kappa shape index (κ1) is 43.4. The van der Waals surface area contributed by atoms with Crippen LogP contribution in [-0.2, 0) is 35.5 Å². The molecule has 6 N–H and O–H groups in total. The molecule has 2 atom stereocenters. The van der Waals surface area contributed by atoms with Gasteiger partial charge in [-0.15, -0.1) is 0 Å².